The fraction of sp³-hybridized carbons (Fsp3) is 0.417. The molecular formula is C24H24BrClN4O3S. The number of hydrogen-bond donors (Lipinski definition) is 0. The maximum Gasteiger partial charge on any atom is 0.235 e. The van der Waals surface area contributed by atoms with Gasteiger partial charge in [-0.3, -0.25) is 19.4 Å². The first kappa shape index (κ1) is 23.7. The fourth-order valence-electron chi connectivity index (χ4n) is 5.82. The van der Waals surface area contributed by atoms with Gasteiger partial charge in [0.25, 0.3) is 0 Å². The van der Waals surface area contributed by atoms with E-state index in [2.05, 4.69) is 14.6 Å². The van der Waals surface area contributed by atoms with Crippen molar-refractivity contribution in [3.05, 3.63) is 58.8 Å². The van der Waals surface area contributed by atoms with E-state index >= 15 is 0 Å². The Morgan fingerprint density at radius 3 is 2.71 bits per heavy atom. The Morgan fingerprint density at radius 2 is 1.94 bits per heavy atom. The number of hydrogen-bond acceptors (Lipinski definition) is 6. The minimum absolute atomic E-state index is 0. The average Bonchev–Trinajstić information content (AvgIpc) is 3.61. The van der Waals surface area contributed by atoms with Crippen LogP contribution in [0.5, 0.6) is 0 Å². The highest BCUT2D eigenvalue weighted by Crippen LogP contribution is 2.53. The molecule has 3 aliphatic rings. The van der Waals surface area contributed by atoms with Gasteiger partial charge in [-0.1, -0.05) is 22.8 Å². The highest BCUT2D eigenvalue weighted by Gasteiger charge is 2.63. The van der Waals surface area contributed by atoms with E-state index in [9.17, 15) is 9.59 Å². The molecule has 7 nitrogen and oxygen atoms in total. The number of nitrogens with zero attached hydrogens (tertiary/aromatic N) is 4. The Hall–Kier alpha value is -2.07. The molecule has 178 valence electrons. The van der Waals surface area contributed by atoms with Gasteiger partial charge in [0.2, 0.25) is 11.8 Å². The zero-order valence-corrected chi connectivity index (χ0v) is 21.5. The van der Waals surface area contributed by atoms with Crippen LogP contribution in [-0.4, -0.2) is 45.9 Å². The Bertz CT molecular complexity index is 1200. The number of carbonyl (C=O) groups is 2. The highest BCUT2D eigenvalue weighted by atomic mass is 79.9. The van der Waals surface area contributed by atoms with Crippen LogP contribution in [0, 0.1) is 11.8 Å². The van der Waals surface area contributed by atoms with Crippen LogP contribution in [0.4, 0.5) is 0 Å². The van der Waals surface area contributed by atoms with Gasteiger partial charge in [-0.25, -0.2) is 4.57 Å². The first-order chi connectivity index (χ1) is 16.1. The number of aryl methyl sites for hydroxylation is 1. The van der Waals surface area contributed by atoms with Crippen LogP contribution in [-0.2, 0) is 16.1 Å². The predicted molar refractivity (Wildman–Crippen MR) is 122 cm³/mol. The van der Waals surface area contributed by atoms with Crippen molar-refractivity contribution in [1.82, 2.24) is 15.0 Å². The van der Waals surface area contributed by atoms with Crippen molar-refractivity contribution >= 4 is 34.8 Å². The molecule has 34 heavy (non-hydrogen) atoms. The van der Waals surface area contributed by atoms with Crippen LogP contribution in [0.1, 0.15) is 31.0 Å². The summed E-state index contributed by atoms with van der Waals surface area (Å²) in [5.74, 6) is -0.111. The summed E-state index contributed by atoms with van der Waals surface area (Å²) in [6, 6.07) is 11.5. The van der Waals surface area contributed by atoms with Gasteiger partial charge in [-0.15, -0.1) is 11.3 Å². The lowest BCUT2D eigenvalue weighted by atomic mass is 9.86. The number of rotatable bonds is 6. The third-order valence-electron chi connectivity index (χ3n) is 7.17. The molecule has 3 aromatic rings. The largest absolute Gasteiger partial charge is 1.00 e. The van der Waals surface area contributed by atoms with Crippen LogP contribution < -0.4 is 21.5 Å². The lowest BCUT2D eigenvalue weighted by Crippen LogP contribution is -3.00. The number of halogens is 2. The highest BCUT2D eigenvalue weighted by molar-refractivity contribution is 7.19. The van der Waals surface area contributed by atoms with Crippen molar-refractivity contribution in [2.24, 2.45) is 11.8 Å². The minimum Gasteiger partial charge on any atom is -1.00 e. The van der Waals surface area contributed by atoms with Crippen molar-refractivity contribution in [1.29, 1.82) is 0 Å². The number of thiophene rings is 1. The molecule has 0 saturated carbocycles. The van der Waals surface area contributed by atoms with E-state index in [1.807, 2.05) is 48.8 Å². The lowest BCUT2D eigenvalue weighted by Gasteiger charge is -2.26. The number of carbonyl (C=O) groups excluding carboxylic acids is 2. The number of likely N-dealkylation sites (tertiary alicyclic amines) is 1. The van der Waals surface area contributed by atoms with Crippen molar-refractivity contribution in [2.45, 2.75) is 37.9 Å². The quantitative estimate of drug-likeness (QED) is 0.324. The zero-order valence-electron chi connectivity index (χ0n) is 18.3. The van der Waals surface area contributed by atoms with Gasteiger partial charge in [-0.2, -0.15) is 0 Å². The third kappa shape index (κ3) is 3.92. The summed E-state index contributed by atoms with van der Waals surface area (Å²) in [5.41, 5.74) is 0.733. The number of fused-ring (bicyclic) bond motifs is 3. The van der Waals surface area contributed by atoms with E-state index in [-0.39, 0.29) is 46.8 Å². The summed E-state index contributed by atoms with van der Waals surface area (Å²) in [6.45, 7) is 2.09. The first-order valence-electron chi connectivity index (χ1n) is 11.4. The van der Waals surface area contributed by atoms with Crippen molar-refractivity contribution in [3.63, 3.8) is 0 Å². The summed E-state index contributed by atoms with van der Waals surface area (Å²) >= 11 is 7.51. The monoisotopic (exact) mass is 562 g/mol. The Morgan fingerprint density at radius 1 is 1.15 bits per heavy atom. The molecule has 3 aliphatic heterocycles. The maximum absolute atomic E-state index is 13.5. The van der Waals surface area contributed by atoms with Gasteiger partial charge in [0.15, 0.2) is 18.2 Å². The van der Waals surface area contributed by atoms with Gasteiger partial charge >= 0.3 is 0 Å². The number of aromatic nitrogens is 2. The van der Waals surface area contributed by atoms with E-state index in [4.69, 9.17) is 16.1 Å². The molecule has 0 N–H and O–H groups in total. The van der Waals surface area contributed by atoms with Crippen LogP contribution in [0.3, 0.4) is 0 Å². The molecule has 0 bridgehead atoms. The van der Waals surface area contributed by atoms with Gasteiger partial charge in [0, 0.05) is 37.2 Å². The molecular weight excluding hydrogens is 540 g/mol. The van der Waals surface area contributed by atoms with E-state index in [1.165, 1.54) is 16.2 Å². The van der Waals surface area contributed by atoms with Gasteiger partial charge in [0.05, 0.1) is 27.1 Å². The maximum atomic E-state index is 13.5. The van der Waals surface area contributed by atoms with Gasteiger partial charge < -0.3 is 21.5 Å². The fourth-order valence-corrected chi connectivity index (χ4v) is 6.81. The molecule has 3 fully saturated rings. The Balaban J connectivity index is 0.00000241. The normalized spacial score (nSPS) is 26.1. The van der Waals surface area contributed by atoms with E-state index in [0.29, 0.717) is 16.6 Å². The number of imide groups is 1. The van der Waals surface area contributed by atoms with E-state index in [0.717, 1.165) is 42.9 Å². The lowest BCUT2D eigenvalue weighted by molar-refractivity contribution is -0.697. The second-order valence-electron chi connectivity index (χ2n) is 8.96. The SMILES string of the molecule is O=C1[C@@H]2[C@H](C(=O)N1CCC[n+]1ccccc1)[C@H](c1cc(-c3ccc(Cl)s3)on1)N1CCC[C@@H]21.[Br-]. The molecule has 4 atom stereocenters. The van der Waals surface area contributed by atoms with E-state index < -0.39 is 5.92 Å². The molecule has 0 radical (unpaired) electrons. The van der Waals surface area contributed by atoms with Crippen molar-refractivity contribution in [3.8, 4) is 10.6 Å². The van der Waals surface area contributed by atoms with Crippen molar-refractivity contribution < 1.29 is 35.7 Å². The summed E-state index contributed by atoms with van der Waals surface area (Å²) in [7, 11) is 0. The zero-order chi connectivity index (χ0) is 22.5. The molecule has 6 rings (SSSR count). The van der Waals surface area contributed by atoms with E-state index in [1.54, 1.807) is 0 Å². The van der Waals surface area contributed by atoms with Gasteiger partial charge in [-0.05, 0) is 31.5 Å². The summed E-state index contributed by atoms with van der Waals surface area (Å²) < 4.78 is 8.39. The second kappa shape index (κ2) is 9.53. The van der Waals surface area contributed by atoms with Crippen LogP contribution >= 0.6 is 22.9 Å². The van der Waals surface area contributed by atoms with Crippen LogP contribution in [0.15, 0.2) is 53.3 Å². The number of pyridine rings is 1. The van der Waals surface area contributed by atoms with Gasteiger partial charge in [0.1, 0.15) is 12.2 Å². The Labute approximate surface area is 217 Å². The first-order valence-corrected chi connectivity index (χ1v) is 12.6. The topological polar surface area (TPSA) is 70.5 Å². The molecule has 3 aromatic heterocycles. The molecule has 2 amide bonds. The molecule has 10 heteroatoms. The molecule has 0 unspecified atom stereocenters. The smallest absolute Gasteiger partial charge is 0.235 e. The minimum atomic E-state index is -0.392. The molecule has 0 aromatic carbocycles. The van der Waals surface area contributed by atoms with Crippen LogP contribution in [0.25, 0.3) is 10.6 Å². The average molecular weight is 564 g/mol. The predicted octanol–water partition coefficient (Wildman–Crippen LogP) is 0.559. The second-order valence-corrected chi connectivity index (χ2v) is 10.7. The molecule has 6 heterocycles. The third-order valence-corrected chi connectivity index (χ3v) is 8.41. The summed E-state index contributed by atoms with van der Waals surface area (Å²) in [5, 5.41) is 4.35. The molecule has 0 spiro atoms. The summed E-state index contributed by atoms with van der Waals surface area (Å²) in [6.07, 6.45) is 6.70. The standard InChI is InChI=1S/C24H24ClN4O3S.BrH/c25-19-8-7-18(33-19)17-14-15(26-32-17)22-21-20(16-6-4-12-28(16)22)23(30)29(24(21)31)13-5-11-27-9-2-1-3-10-27;/h1-3,7-10,14,16,20-22H,4-6,11-13H2;1H/q+1;/p-1/t16-,20-,21-,22-;/m0./s1. The Kier molecular flexibility index (Phi) is 6.63. The van der Waals surface area contributed by atoms with Crippen molar-refractivity contribution in [2.75, 3.05) is 13.1 Å². The summed E-state index contributed by atoms with van der Waals surface area (Å²) in [4.78, 5) is 31.7. The molecule has 3 saturated heterocycles. The van der Waals surface area contributed by atoms with Crippen LogP contribution in [0.2, 0.25) is 4.34 Å². The molecule has 0 aliphatic carbocycles. The number of amides is 2.